The molecule has 0 saturated carbocycles. The number of hydrogen-bond acceptors (Lipinski definition) is 2. The molecule has 1 amide bonds. The van der Waals surface area contributed by atoms with E-state index in [1.165, 1.54) is 27.5 Å². The van der Waals surface area contributed by atoms with Crippen LogP contribution in [0.1, 0.15) is 36.0 Å². The minimum Gasteiger partial charge on any atom is -0.445 e. The highest BCUT2D eigenvalue weighted by Gasteiger charge is 2.40. The molecule has 0 radical (unpaired) electrons. The molecule has 29 heavy (non-hydrogen) atoms. The molecule has 146 valence electrons. The lowest BCUT2D eigenvalue weighted by Gasteiger charge is -2.33. The predicted molar refractivity (Wildman–Crippen MR) is 117 cm³/mol. The third-order valence-corrected chi connectivity index (χ3v) is 6.30. The average Bonchev–Trinajstić information content (AvgIpc) is 3.03. The summed E-state index contributed by atoms with van der Waals surface area (Å²) in [6, 6.07) is 23.3. The summed E-state index contributed by atoms with van der Waals surface area (Å²) >= 11 is 0. The van der Waals surface area contributed by atoms with Crippen LogP contribution in [-0.4, -0.2) is 23.1 Å². The maximum Gasteiger partial charge on any atom is 0.410 e. The van der Waals surface area contributed by atoms with Crippen molar-refractivity contribution in [2.75, 3.05) is 0 Å². The Morgan fingerprint density at radius 2 is 1.72 bits per heavy atom. The van der Waals surface area contributed by atoms with Crippen LogP contribution < -0.4 is 0 Å². The van der Waals surface area contributed by atoms with E-state index >= 15 is 0 Å². The fourth-order valence-electron chi connectivity index (χ4n) is 4.84. The number of benzene rings is 3. The summed E-state index contributed by atoms with van der Waals surface area (Å²) in [5, 5.41) is 2.61. The summed E-state index contributed by atoms with van der Waals surface area (Å²) in [4.78, 5) is 14.8. The highest BCUT2D eigenvalue weighted by Crippen LogP contribution is 2.41. The van der Waals surface area contributed by atoms with Crippen LogP contribution in [0.4, 0.5) is 4.79 Å². The Bertz CT molecular complexity index is 1090. The summed E-state index contributed by atoms with van der Waals surface area (Å²) in [5.74, 6) is 0. The largest absolute Gasteiger partial charge is 0.445 e. The molecular formula is C26H25NO2. The van der Waals surface area contributed by atoms with Crippen LogP contribution in [0.5, 0.6) is 0 Å². The Labute approximate surface area is 171 Å². The fraction of sp³-hybridized carbons (Fsp3) is 0.269. The molecule has 5 rings (SSSR count). The van der Waals surface area contributed by atoms with Crippen LogP contribution in [0, 0.1) is 6.92 Å². The summed E-state index contributed by atoms with van der Waals surface area (Å²) in [5.41, 5.74) is 4.99. The monoisotopic (exact) mass is 383 g/mol. The smallest absolute Gasteiger partial charge is 0.410 e. The van der Waals surface area contributed by atoms with Crippen molar-refractivity contribution in [3.63, 3.8) is 0 Å². The quantitative estimate of drug-likeness (QED) is 0.546. The van der Waals surface area contributed by atoms with Gasteiger partial charge >= 0.3 is 6.09 Å². The molecule has 1 fully saturated rings. The second-order valence-corrected chi connectivity index (χ2v) is 8.12. The first-order valence-electron chi connectivity index (χ1n) is 10.4. The third-order valence-electron chi connectivity index (χ3n) is 6.30. The third kappa shape index (κ3) is 3.31. The second-order valence-electron chi connectivity index (χ2n) is 8.12. The summed E-state index contributed by atoms with van der Waals surface area (Å²) in [6.07, 6.45) is 5.05. The van der Waals surface area contributed by atoms with Crippen molar-refractivity contribution in [1.29, 1.82) is 0 Å². The van der Waals surface area contributed by atoms with Crippen LogP contribution in [0.3, 0.4) is 0 Å². The van der Waals surface area contributed by atoms with Gasteiger partial charge in [0.05, 0.1) is 6.04 Å². The number of rotatable bonds is 3. The van der Waals surface area contributed by atoms with Gasteiger partial charge in [0.2, 0.25) is 0 Å². The first-order valence-corrected chi connectivity index (χ1v) is 10.4. The average molecular weight is 383 g/mol. The molecule has 1 saturated heterocycles. The molecule has 2 aliphatic rings. The SMILES string of the molecule is Cc1ccc(C2=CC3CCC(C2)N3C(=O)OCc2ccccc2)c2ccccc12. The van der Waals surface area contributed by atoms with E-state index in [0.717, 1.165) is 24.8 Å². The van der Waals surface area contributed by atoms with Gasteiger partial charge in [0, 0.05) is 6.04 Å². The molecule has 0 aliphatic carbocycles. The maximum atomic E-state index is 12.8. The first-order chi connectivity index (χ1) is 14.2. The molecule has 0 spiro atoms. The lowest BCUT2D eigenvalue weighted by Crippen LogP contribution is -2.43. The number of nitrogens with zero attached hydrogens (tertiary/aromatic N) is 1. The van der Waals surface area contributed by atoms with Crippen molar-refractivity contribution in [1.82, 2.24) is 4.90 Å². The molecule has 3 nitrogen and oxygen atoms in total. The van der Waals surface area contributed by atoms with Crippen LogP contribution in [0.25, 0.3) is 16.3 Å². The van der Waals surface area contributed by atoms with Crippen LogP contribution in [-0.2, 0) is 11.3 Å². The lowest BCUT2D eigenvalue weighted by molar-refractivity contribution is 0.0832. The number of hydrogen-bond donors (Lipinski definition) is 0. The van der Waals surface area contributed by atoms with Gasteiger partial charge in [0.1, 0.15) is 6.61 Å². The molecule has 2 bridgehead atoms. The van der Waals surface area contributed by atoms with Crippen LogP contribution in [0.15, 0.2) is 72.8 Å². The highest BCUT2D eigenvalue weighted by atomic mass is 16.6. The number of carbonyl (C=O) groups excluding carboxylic acids is 1. The van der Waals surface area contributed by atoms with Crippen molar-refractivity contribution >= 4 is 22.4 Å². The van der Waals surface area contributed by atoms with Gasteiger partial charge in [-0.15, -0.1) is 0 Å². The molecule has 3 heteroatoms. The van der Waals surface area contributed by atoms with Gasteiger partial charge in [-0.05, 0) is 59.2 Å². The molecule has 3 aromatic carbocycles. The molecule has 2 aliphatic heterocycles. The second kappa shape index (κ2) is 7.40. The number of fused-ring (bicyclic) bond motifs is 3. The zero-order valence-corrected chi connectivity index (χ0v) is 16.7. The minimum absolute atomic E-state index is 0.132. The van der Waals surface area contributed by atoms with Crippen molar-refractivity contribution in [3.05, 3.63) is 89.5 Å². The van der Waals surface area contributed by atoms with Gasteiger partial charge in [-0.2, -0.15) is 0 Å². The number of carbonyl (C=O) groups is 1. The molecule has 2 unspecified atom stereocenters. The van der Waals surface area contributed by atoms with Gasteiger partial charge in [-0.25, -0.2) is 4.79 Å². The van der Waals surface area contributed by atoms with Gasteiger partial charge in [0.25, 0.3) is 0 Å². The Hall–Kier alpha value is -3.07. The van der Waals surface area contributed by atoms with E-state index in [1.807, 2.05) is 35.2 Å². The normalized spacial score (nSPS) is 20.6. The van der Waals surface area contributed by atoms with Crippen molar-refractivity contribution in [3.8, 4) is 0 Å². The molecule has 0 N–H and O–H groups in total. The Kier molecular flexibility index (Phi) is 4.59. The predicted octanol–water partition coefficient (Wildman–Crippen LogP) is 6.11. The molecule has 2 heterocycles. The summed E-state index contributed by atoms with van der Waals surface area (Å²) < 4.78 is 5.63. The van der Waals surface area contributed by atoms with E-state index in [4.69, 9.17) is 4.74 Å². The van der Waals surface area contributed by atoms with Gasteiger partial charge in [-0.1, -0.05) is 72.8 Å². The van der Waals surface area contributed by atoms with E-state index in [0.29, 0.717) is 6.61 Å². The maximum absolute atomic E-state index is 12.8. The van der Waals surface area contributed by atoms with Gasteiger partial charge < -0.3 is 4.74 Å². The van der Waals surface area contributed by atoms with Gasteiger partial charge in [-0.3, -0.25) is 4.90 Å². The fourth-order valence-corrected chi connectivity index (χ4v) is 4.84. The van der Waals surface area contributed by atoms with Crippen molar-refractivity contribution in [2.45, 2.75) is 44.9 Å². The topological polar surface area (TPSA) is 29.5 Å². The molecule has 2 atom stereocenters. The van der Waals surface area contributed by atoms with E-state index in [2.05, 4.69) is 49.4 Å². The van der Waals surface area contributed by atoms with E-state index in [-0.39, 0.29) is 18.2 Å². The van der Waals surface area contributed by atoms with E-state index < -0.39 is 0 Å². The Morgan fingerprint density at radius 3 is 2.52 bits per heavy atom. The van der Waals surface area contributed by atoms with E-state index in [1.54, 1.807) is 0 Å². The molecular weight excluding hydrogens is 358 g/mol. The van der Waals surface area contributed by atoms with Crippen LogP contribution >= 0.6 is 0 Å². The standard InChI is InChI=1S/C26H25NO2/c1-18-11-14-24(25-10-6-5-9-23(18)25)20-15-21-12-13-22(16-20)27(21)26(28)29-17-19-7-3-2-4-8-19/h2-11,14-15,21-22H,12-13,16-17H2,1H3. The minimum atomic E-state index is -0.189. The Balaban J connectivity index is 1.39. The zero-order chi connectivity index (χ0) is 19.8. The Morgan fingerprint density at radius 1 is 0.966 bits per heavy atom. The van der Waals surface area contributed by atoms with Crippen LogP contribution in [0.2, 0.25) is 0 Å². The lowest BCUT2D eigenvalue weighted by atomic mass is 9.90. The van der Waals surface area contributed by atoms with Crippen molar-refractivity contribution in [2.24, 2.45) is 0 Å². The summed E-state index contributed by atoms with van der Waals surface area (Å²) in [6.45, 7) is 2.49. The molecule has 3 aromatic rings. The van der Waals surface area contributed by atoms with Gasteiger partial charge in [0.15, 0.2) is 0 Å². The highest BCUT2D eigenvalue weighted by molar-refractivity contribution is 5.96. The first kappa shape index (κ1) is 18.0. The zero-order valence-electron chi connectivity index (χ0n) is 16.7. The van der Waals surface area contributed by atoms with Crippen molar-refractivity contribution < 1.29 is 9.53 Å². The molecule has 0 aromatic heterocycles. The number of aryl methyl sites for hydroxylation is 1. The number of ether oxygens (including phenoxy) is 1. The van der Waals surface area contributed by atoms with E-state index in [9.17, 15) is 4.79 Å². The number of amides is 1. The summed E-state index contributed by atoms with van der Waals surface area (Å²) in [7, 11) is 0.